The number of rotatable bonds is 3. The van der Waals surface area contributed by atoms with Crippen molar-refractivity contribution in [2.75, 3.05) is 27.2 Å². The Morgan fingerprint density at radius 3 is 2.73 bits per heavy atom. The number of likely N-dealkylation sites (tertiary alicyclic amines) is 1. The number of nitrogens with zero attached hydrogens (tertiary/aromatic N) is 2. The predicted octanol–water partition coefficient (Wildman–Crippen LogP) is -0.696. The van der Waals surface area contributed by atoms with Crippen molar-refractivity contribution in [1.82, 2.24) is 9.80 Å². The van der Waals surface area contributed by atoms with Crippen LogP contribution in [0.3, 0.4) is 0 Å². The van der Waals surface area contributed by atoms with Gasteiger partial charge in [-0.05, 0) is 6.92 Å². The third-order valence-electron chi connectivity index (χ3n) is 2.96. The van der Waals surface area contributed by atoms with Gasteiger partial charge in [-0.2, -0.15) is 0 Å². The van der Waals surface area contributed by atoms with Crippen LogP contribution in [0.25, 0.3) is 0 Å². The second-order valence-corrected chi connectivity index (χ2v) is 4.16. The molecule has 0 aromatic heterocycles. The second-order valence-electron chi connectivity index (χ2n) is 4.16. The molecule has 1 saturated heterocycles. The van der Waals surface area contributed by atoms with Crippen LogP contribution in [0.5, 0.6) is 0 Å². The summed E-state index contributed by atoms with van der Waals surface area (Å²) in [6.45, 7) is 2.21. The molecule has 0 bridgehead atoms. The first-order valence-corrected chi connectivity index (χ1v) is 5.08. The van der Waals surface area contributed by atoms with E-state index in [0.29, 0.717) is 6.54 Å². The molecule has 2 unspecified atom stereocenters. The Morgan fingerprint density at radius 1 is 1.73 bits per heavy atom. The van der Waals surface area contributed by atoms with Gasteiger partial charge >= 0.3 is 0 Å². The van der Waals surface area contributed by atoms with E-state index in [0.717, 1.165) is 0 Å². The first kappa shape index (κ1) is 12.0. The van der Waals surface area contributed by atoms with Gasteiger partial charge < -0.3 is 14.9 Å². The van der Waals surface area contributed by atoms with Crippen LogP contribution in [-0.4, -0.2) is 60.0 Å². The molecule has 5 nitrogen and oxygen atoms in total. The van der Waals surface area contributed by atoms with Gasteiger partial charge in [0.2, 0.25) is 11.8 Å². The van der Waals surface area contributed by atoms with Crippen LogP contribution in [0.4, 0.5) is 0 Å². The summed E-state index contributed by atoms with van der Waals surface area (Å²) in [7, 11) is 3.36. The SMILES string of the molecule is CC(CO)N(C)C(=O)C1CC(=O)N(C)C1. The molecule has 1 aliphatic heterocycles. The van der Waals surface area contributed by atoms with E-state index >= 15 is 0 Å². The second kappa shape index (κ2) is 4.61. The molecular weight excluding hydrogens is 196 g/mol. The third-order valence-corrected chi connectivity index (χ3v) is 2.96. The number of carbonyl (C=O) groups is 2. The van der Waals surface area contributed by atoms with Crippen molar-refractivity contribution in [3.8, 4) is 0 Å². The number of aliphatic hydroxyl groups is 1. The maximum atomic E-state index is 11.9. The topological polar surface area (TPSA) is 60.9 Å². The van der Waals surface area contributed by atoms with Crippen LogP contribution in [0, 0.1) is 5.92 Å². The average molecular weight is 214 g/mol. The Labute approximate surface area is 89.7 Å². The van der Waals surface area contributed by atoms with Crippen molar-refractivity contribution in [2.45, 2.75) is 19.4 Å². The predicted molar refractivity (Wildman–Crippen MR) is 55.1 cm³/mol. The number of hydrogen-bond donors (Lipinski definition) is 1. The number of hydrogen-bond acceptors (Lipinski definition) is 3. The van der Waals surface area contributed by atoms with Crippen molar-refractivity contribution >= 4 is 11.8 Å². The number of amides is 2. The number of aliphatic hydroxyl groups excluding tert-OH is 1. The molecule has 1 N–H and O–H groups in total. The van der Waals surface area contributed by atoms with Crippen molar-refractivity contribution < 1.29 is 14.7 Å². The Morgan fingerprint density at radius 2 is 2.33 bits per heavy atom. The van der Waals surface area contributed by atoms with Crippen LogP contribution in [0.15, 0.2) is 0 Å². The fourth-order valence-corrected chi connectivity index (χ4v) is 1.66. The molecule has 1 heterocycles. The molecule has 0 aromatic carbocycles. The molecule has 0 saturated carbocycles. The van der Waals surface area contributed by atoms with Gasteiger partial charge in [0, 0.05) is 27.1 Å². The molecule has 0 radical (unpaired) electrons. The van der Waals surface area contributed by atoms with Gasteiger partial charge in [-0.1, -0.05) is 0 Å². The fourth-order valence-electron chi connectivity index (χ4n) is 1.66. The van der Waals surface area contributed by atoms with E-state index < -0.39 is 0 Å². The normalized spacial score (nSPS) is 23.1. The first-order chi connectivity index (χ1) is 6.97. The Hall–Kier alpha value is -1.10. The van der Waals surface area contributed by atoms with E-state index in [1.165, 1.54) is 4.90 Å². The van der Waals surface area contributed by atoms with Gasteiger partial charge in [0.15, 0.2) is 0 Å². The van der Waals surface area contributed by atoms with Gasteiger partial charge in [0.05, 0.1) is 18.6 Å². The maximum Gasteiger partial charge on any atom is 0.228 e. The first-order valence-electron chi connectivity index (χ1n) is 5.08. The number of carbonyl (C=O) groups excluding carboxylic acids is 2. The maximum absolute atomic E-state index is 11.9. The van der Waals surface area contributed by atoms with Gasteiger partial charge in [0.25, 0.3) is 0 Å². The van der Waals surface area contributed by atoms with Crippen molar-refractivity contribution in [2.24, 2.45) is 5.92 Å². The Balaban J connectivity index is 2.58. The standard InChI is InChI=1S/C10H18N2O3/c1-7(6-13)12(3)10(15)8-4-9(14)11(2)5-8/h7-8,13H,4-6H2,1-3H3. The summed E-state index contributed by atoms with van der Waals surface area (Å²) in [6.07, 6.45) is 0.290. The summed E-state index contributed by atoms with van der Waals surface area (Å²) in [4.78, 5) is 26.2. The van der Waals surface area contributed by atoms with Crippen molar-refractivity contribution in [1.29, 1.82) is 0 Å². The summed E-state index contributed by atoms with van der Waals surface area (Å²) in [6, 6.07) is -0.196. The smallest absolute Gasteiger partial charge is 0.228 e. The molecule has 15 heavy (non-hydrogen) atoms. The molecule has 5 heteroatoms. The third kappa shape index (κ3) is 2.47. The highest BCUT2D eigenvalue weighted by molar-refractivity contribution is 5.89. The zero-order valence-electron chi connectivity index (χ0n) is 9.43. The monoisotopic (exact) mass is 214 g/mol. The fraction of sp³-hybridized carbons (Fsp3) is 0.800. The van der Waals surface area contributed by atoms with E-state index in [2.05, 4.69) is 0 Å². The number of likely N-dealkylation sites (N-methyl/N-ethyl adjacent to an activating group) is 1. The van der Waals surface area contributed by atoms with Crippen LogP contribution in [0.2, 0.25) is 0 Å². The van der Waals surface area contributed by atoms with Crippen molar-refractivity contribution in [3.05, 3.63) is 0 Å². The largest absolute Gasteiger partial charge is 0.394 e. The summed E-state index contributed by atoms with van der Waals surface area (Å²) in [5, 5.41) is 8.93. The summed E-state index contributed by atoms with van der Waals surface area (Å²) >= 11 is 0. The van der Waals surface area contributed by atoms with E-state index in [1.54, 1.807) is 25.9 Å². The summed E-state index contributed by atoms with van der Waals surface area (Å²) < 4.78 is 0. The molecule has 1 fully saturated rings. The highest BCUT2D eigenvalue weighted by Crippen LogP contribution is 2.18. The minimum absolute atomic E-state index is 0.0124. The van der Waals surface area contributed by atoms with Crippen LogP contribution >= 0.6 is 0 Å². The molecular formula is C10H18N2O3. The van der Waals surface area contributed by atoms with Crippen LogP contribution in [0.1, 0.15) is 13.3 Å². The highest BCUT2D eigenvalue weighted by atomic mass is 16.3. The lowest BCUT2D eigenvalue weighted by molar-refractivity contribution is -0.137. The van der Waals surface area contributed by atoms with E-state index in [-0.39, 0.29) is 36.8 Å². The summed E-state index contributed by atoms with van der Waals surface area (Å²) in [5.41, 5.74) is 0. The molecule has 0 aliphatic carbocycles. The molecule has 1 rings (SSSR count). The Bertz CT molecular complexity index is 267. The van der Waals surface area contributed by atoms with Gasteiger partial charge in [-0.15, -0.1) is 0 Å². The highest BCUT2D eigenvalue weighted by Gasteiger charge is 2.34. The molecule has 0 aromatic rings. The molecule has 0 spiro atoms. The van der Waals surface area contributed by atoms with E-state index in [9.17, 15) is 9.59 Å². The van der Waals surface area contributed by atoms with Gasteiger partial charge in [-0.25, -0.2) is 0 Å². The quantitative estimate of drug-likeness (QED) is 0.676. The van der Waals surface area contributed by atoms with Crippen LogP contribution < -0.4 is 0 Å². The van der Waals surface area contributed by atoms with Crippen LogP contribution in [-0.2, 0) is 9.59 Å². The lowest BCUT2D eigenvalue weighted by atomic mass is 10.1. The Kier molecular flexibility index (Phi) is 3.68. The molecule has 86 valence electrons. The van der Waals surface area contributed by atoms with E-state index in [4.69, 9.17) is 5.11 Å². The zero-order valence-corrected chi connectivity index (χ0v) is 9.43. The lowest BCUT2D eigenvalue weighted by Crippen LogP contribution is -2.41. The van der Waals surface area contributed by atoms with Gasteiger partial charge in [-0.3, -0.25) is 9.59 Å². The minimum atomic E-state index is -0.249. The summed E-state index contributed by atoms with van der Waals surface area (Å²) in [5.74, 6) is -0.297. The molecule has 2 amide bonds. The average Bonchev–Trinajstić information content (AvgIpc) is 2.56. The van der Waals surface area contributed by atoms with E-state index in [1.807, 2.05) is 0 Å². The zero-order chi connectivity index (χ0) is 11.6. The molecule has 2 atom stereocenters. The minimum Gasteiger partial charge on any atom is -0.394 e. The van der Waals surface area contributed by atoms with Gasteiger partial charge in [0.1, 0.15) is 0 Å². The lowest BCUT2D eigenvalue weighted by Gasteiger charge is -2.25. The van der Waals surface area contributed by atoms with Crippen molar-refractivity contribution in [3.63, 3.8) is 0 Å². The molecule has 1 aliphatic rings.